The molecule has 2 aromatic rings. The Kier molecular flexibility index (Phi) is 3.90. The number of benzene rings is 1. The Morgan fingerprint density at radius 3 is 2.53 bits per heavy atom. The van der Waals surface area contributed by atoms with Gasteiger partial charge in [0.15, 0.2) is 0 Å². The molecule has 1 aromatic carbocycles. The molecular weight excluding hydrogens is 242 g/mol. The van der Waals surface area contributed by atoms with Gasteiger partial charge >= 0.3 is 5.97 Å². The van der Waals surface area contributed by atoms with Crippen LogP contribution in [0.3, 0.4) is 0 Å². The van der Waals surface area contributed by atoms with Gasteiger partial charge in [0.25, 0.3) is 0 Å². The first-order chi connectivity index (χ1) is 9.15. The Morgan fingerprint density at radius 2 is 1.95 bits per heavy atom. The molecule has 0 unspecified atom stereocenters. The number of aromatic nitrogens is 1. The van der Waals surface area contributed by atoms with Crippen molar-refractivity contribution < 1.29 is 14.3 Å². The fourth-order valence-corrected chi connectivity index (χ4v) is 1.90. The number of nitrogens with one attached hydrogen (secondary N) is 1. The molecule has 0 aliphatic rings. The highest BCUT2D eigenvalue weighted by Crippen LogP contribution is 2.24. The Balaban J connectivity index is 2.30. The van der Waals surface area contributed by atoms with E-state index in [-0.39, 0.29) is 5.97 Å². The van der Waals surface area contributed by atoms with Crippen molar-refractivity contribution in [2.75, 3.05) is 13.7 Å². The summed E-state index contributed by atoms with van der Waals surface area (Å²) in [7, 11) is 1.63. The van der Waals surface area contributed by atoms with Gasteiger partial charge in [0.05, 0.1) is 13.7 Å². The Bertz CT molecular complexity index is 570. The number of aromatic amines is 1. The number of esters is 1. The molecule has 2 rings (SSSR count). The van der Waals surface area contributed by atoms with Gasteiger partial charge in [0, 0.05) is 5.69 Å². The van der Waals surface area contributed by atoms with Crippen LogP contribution in [0.15, 0.2) is 30.3 Å². The maximum Gasteiger partial charge on any atom is 0.355 e. The first kappa shape index (κ1) is 13.2. The molecule has 0 fully saturated rings. The summed E-state index contributed by atoms with van der Waals surface area (Å²) in [6.07, 6.45) is 0. The van der Waals surface area contributed by atoms with E-state index in [9.17, 15) is 4.79 Å². The molecule has 0 atom stereocenters. The lowest BCUT2D eigenvalue weighted by molar-refractivity contribution is 0.0519. The summed E-state index contributed by atoms with van der Waals surface area (Å²) in [5.74, 6) is 0.484. The lowest BCUT2D eigenvalue weighted by atomic mass is 10.1. The van der Waals surface area contributed by atoms with Crippen LogP contribution in [0.5, 0.6) is 5.75 Å². The highest BCUT2D eigenvalue weighted by atomic mass is 16.5. The van der Waals surface area contributed by atoms with Crippen molar-refractivity contribution in [3.05, 3.63) is 41.6 Å². The molecule has 0 amide bonds. The second kappa shape index (κ2) is 5.61. The molecule has 0 saturated carbocycles. The summed E-state index contributed by atoms with van der Waals surface area (Å²) >= 11 is 0. The predicted octanol–water partition coefficient (Wildman–Crippen LogP) is 3.18. The molecule has 0 aliphatic heterocycles. The highest BCUT2D eigenvalue weighted by molar-refractivity contribution is 5.90. The number of aryl methyl sites for hydroxylation is 1. The SMILES string of the molecule is CCOC(=O)c1[nH]c(-c2ccc(OC)cc2)cc1C. The van der Waals surface area contributed by atoms with E-state index in [4.69, 9.17) is 9.47 Å². The smallest absolute Gasteiger partial charge is 0.355 e. The zero-order valence-electron chi connectivity index (χ0n) is 11.3. The van der Waals surface area contributed by atoms with Crippen LogP contribution in [0, 0.1) is 6.92 Å². The lowest BCUT2D eigenvalue weighted by Gasteiger charge is -2.02. The van der Waals surface area contributed by atoms with Crippen molar-refractivity contribution in [1.29, 1.82) is 0 Å². The predicted molar refractivity (Wildman–Crippen MR) is 73.5 cm³/mol. The molecule has 0 saturated heterocycles. The quantitative estimate of drug-likeness (QED) is 0.858. The normalized spacial score (nSPS) is 10.3. The molecule has 0 spiro atoms. The average Bonchev–Trinajstić information content (AvgIpc) is 2.81. The number of H-pyrrole nitrogens is 1. The van der Waals surface area contributed by atoms with E-state index < -0.39 is 0 Å². The summed E-state index contributed by atoms with van der Waals surface area (Å²) in [5.41, 5.74) is 3.28. The van der Waals surface area contributed by atoms with Crippen molar-refractivity contribution in [2.24, 2.45) is 0 Å². The third-order valence-electron chi connectivity index (χ3n) is 2.90. The molecule has 100 valence electrons. The summed E-state index contributed by atoms with van der Waals surface area (Å²) in [4.78, 5) is 14.8. The van der Waals surface area contributed by atoms with Crippen LogP contribution < -0.4 is 4.74 Å². The molecule has 0 aliphatic carbocycles. The lowest BCUT2D eigenvalue weighted by Crippen LogP contribution is -2.06. The maximum atomic E-state index is 11.7. The minimum atomic E-state index is -0.320. The summed E-state index contributed by atoms with van der Waals surface area (Å²) in [6.45, 7) is 4.05. The summed E-state index contributed by atoms with van der Waals surface area (Å²) < 4.78 is 10.1. The molecular formula is C15H17NO3. The van der Waals surface area contributed by atoms with Gasteiger partial charge in [-0.05, 0) is 55.3 Å². The van der Waals surface area contributed by atoms with Gasteiger partial charge in [-0.25, -0.2) is 4.79 Å². The summed E-state index contributed by atoms with van der Waals surface area (Å²) in [6, 6.07) is 9.59. The third-order valence-corrected chi connectivity index (χ3v) is 2.90. The van der Waals surface area contributed by atoms with Gasteiger partial charge in [-0.2, -0.15) is 0 Å². The monoisotopic (exact) mass is 259 g/mol. The van der Waals surface area contributed by atoms with Crippen LogP contribution in [0.2, 0.25) is 0 Å². The van der Waals surface area contributed by atoms with Gasteiger partial charge in [-0.3, -0.25) is 0 Å². The third kappa shape index (κ3) is 2.78. The minimum Gasteiger partial charge on any atom is -0.497 e. The van der Waals surface area contributed by atoms with Crippen molar-refractivity contribution in [2.45, 2.75) is 13.8 Å². The number of carbonyl (C=O) groups excluding carboxylic acids is 1. The largest absolute Gasteiger partial charge is 0.497 e. The van der Waals surface area contributed by atoms with Crippen LogP contribution >= 0.6 is 0 Å². The van der Waals surface area contributed by atoms with E-state index in [1.165, 1.54) is 0 Å². The molecule has 19 heavy (non-hydrogen) atoms. The Morgan fingerprint density at radius 1 is 1.26 bits per heavy atom. The molecule has 1 heterocycles. The number of methoxy groups -OCH3 is 1. The second-order valence-electron chi connectivity index (χ2n) is 4.19. The van der Waals surface area contributed by atoms with Crippen LogP contribution in [-0.4, -0.2) is 24.7 Å². The van der Waals surface area contributed by atoms with Crippen molar-refractivity contribution in [3.63, 3.8) is 0 Å². The van der Waals surface area contributed by atoms with Gasteiger partial charge < -0.3 is 14.5 Å². The van der Waals surface area contributed by atoms with E-state index in [1.807, 2.05) is 37.3 Å². The number of carbonyl (C=O) groups is 1. The van der Waals surface area contributed by atoms with Crippen LogP contribution in [-0.2, 0) is 4.74 Å². The van der Waals surface area contributed by atoms with Gasteiger partial charge in [0.1, 0.15) is 11.4 Å². The van der Waals surface area contributed by atoms with E-state index in [1.54, 1.807) is 14.0 Å². The number of rotatable bonds is 4. The highest BCUT2D eigenvalue weighted by Gasteiger charge is 2.14. The molecule has 1 N–H and O–H groups in total. The van der Waals surface area contributed by atoms with Gasteiger partial charge in [0.2, 0.25) is 0 Å². The number of ether oxygens (including phenoxy) is 2. The minimum absolute atomic E-state index is 0.320. The molecule has 1 aromatic heterocycles. The molecule has 0 bridgehead atoms. The van der Waals surface area contributed by atoms with Crippen molar-refractivity contribution >= 4 is 5.97 Å². The van der Waals surface area contributed by atoms with Gasteiger partial charge in [-0.15, -0.1) is 0 Å². The van der Waals surface area contributed by atoms with Crippen LogP contribution in [0.25, 0.3) is 11.3 Å². The standard InChI is InChI=1S/C15H17NO3/c1-4-19-15(17)14-10(2)9-13(16-14)11-5-7-12(18-3)8-6-11/h5-9,16H,4H2,1-3H3. The second-order valence-corrected chi connectivity index (χ2v) is 4.19. The first-order valence-electron chi connectivity index (χ1n) is 6.17. The zero-order chi connectivity index (χ0) is 13.8. The van der Waals surface area contributed by atoms with E-state index in [0.29, 0.717) is 12.3 Å². The molecule has 4 heteroatoms. The maximum absolute atomic E-state index is 11.7. The fraction of sp³-hybridized carbons (Fsp3) is 0.267. The van der Waals surface area contributed by atoms with Crippen molar-refractivity contribution in [3.8, 4) is 17.0 Å². The van der Waals surface area contributed by atoms with E-state index >= 15 is 0 Å². The average molecular weight is 259 g/mol. The van der Waals surface area contributed by atoms with Crippen LogP contribution in [0.1, 0.15) is 23.0 Å². The number of hydrogen-bond acceptors (Lipinski definition) is 3. The summed E-state index contributed by atoms with van der Waals surface area (Å²) in [5, 5.41) is 0. The van der Waals surface area contributed by atoms with E-state index in [0.717, 1.165) is 22.6 Å². The first-order valence-corrected chi connectivity index (χ1v) is 6.17. The van der Waals surface area contributed by atoms with Gasteiger partial charge in [-0.1, -0.05) is 0 Å². The molecule has 4 nitrogen and oxygen atoms in total. The Hall–Kier alpha value is -2.23. The fourth-order valence-electron chi connectivity index (χ4n) is 1.90. The Labute approximate surface area is 112 Å². The number of hydrogen-bond donors (Lipinski definition) is 1. The zero-order valence-corrected chi connectivity index (χ0v) is 11.3. The van der Waals surface area contributed by atoms with E-state index in [2.05, 4.69) is 4.98 Å². The topological polar surface area (TPSA) is 51.3 Å². The molecule has 0 radical (unpaired) electrons. The van der Waals surface area contributed by atoms with Crippen molar-refractivity contribution in [1.82, 2.24) is 4.98 Å². The van der Waals surface area contributed by atoms with Crippen LogP contribution in [0.4, 0.5) is 0 Å².